The number of aromatic amines is 1. The maximum absolute atomic E-state index is 11.0. The summed E-state index contributed by atoms with van der Waals surface area (Å²) in [5.41, 5.74) is 7.95. The molecule has 0 aliphatic carbocycles. The second-order valence-electron chi connectivity index (χ2n) is 4.24. The van der Waals surface area contributed by atoms with Gasteiger partial charge in [-0.3, -0.25) is 4.98 Å². The van der Waals surface area contributed by atoms with Gasteiger partial charge in [0.1, 0.15) is 0 Å². The van der Waals surface area contributed by atoms with Crippen molar-refractivity contribution < 1.29 is 9.52 Å². The van der Waals surface area contributed by atoms with Gasteiger partial charge in [0, 0.05) is 12.6 Å². The van der Waals surface area contributed by atoms with Crippen molar-refractivity contribution in [2.45, 2.75) is 12.5 Å². The van der Waals surface area contributed by atoms with Crippen molar-refractivity contribution in [3.05, 3.63) is 34.3 Å². The van der Waals surface area contributed by atoms with Crippen LogP contribution < -0.4 is 16.8 Å². The van der Waals surface area contributed by atoms with E-state index in [-0.39, 0.29) is 12.6 Å². The first-order valence-corrected chi connectivity index (χ1v) is 5.88. The maximum atomic E-state index is 11.0. The van der Waals surface area contributed by atoms with Crippen LogP contribution in [0.3, 0.4) is 0 Å². The minimum absolute atomic E-state index is 0.0186. The summed E-state index contributed by atoms with van der Waals surface area (Å²) in [5, 5.41) is 11.9. The van der Waals surface area contributed by atoms with E-state index in [9.17, 15) is 4.79 Å². The molecule has 0 fully saturated rings. The zero-order chi connectivity index (χ0) is 13.0. The highest BCUT2D eigenvalue weighted by atomic mass is 16.4. The molecule has 0 aliphatic heterocycles. The number of aromatic nitrogens is 1. The third-order valence-electron chi connectivity index (χ3n) is 2.71. The second kappa shape index (κ2) is 5.81. The van der Waals surface area contributed by atoms with E-state index in [1.54, 1.807) is 6.07 Å². The highest BCUT2D eigenvalue weighted by Gasteiger charge is 2.02. The van der Waals surface area contributed by atoms with E-state index >= 15 is 0 Å². The Morgan fingerprint density at radius 2 is 2.33 bits per heavy atom. The molecule has 0 radical (unpaired) electrons. The number of rotatable bonds is 6. The molecule has 1 atom stereocenters. The summed E-state index contributed by atoms with van der Waals surface area (Å²) in [6.45, 7) is 1.33. The van der Waals surface area contributed by atoms with Crippen molar-refractivity contribution in [3.8, 4) is 0 Å². The van der Waals surface area contributed by atoms with Crippen LogP contribution in [-0.2, 0) is 6.42 Å². The van der Waals surface area contributed by atoms with Gasteiger partial charge in [-0.25, -0.2) is 4.79 Å². The molecule has 2 aromatic rings. The summed E-state index contributed by atoms with van der Waals surface area (Å²) in [4.78, 5) is 13.6. The Morgan fingerprint density at radius 1 is 1.50 bits per heavy atom. The zero-order valence-electron chi connectivity index (χ0n) is 9.98. The molecule has 1 aromatic heterocycles. The number of nitrogens with one attached hydrogen (secondary N) is 2. The standard InChI is InChI=1S/C12H17N3O3/c13-9(7-16)6-14-4-3-8-1-2-11-10(5-8)15-12(17)18-11/h1-2,5,9,14,16H,3-4,6-7,13H2,(H,15,17). The topological polar surface area (TPSA) is 104 Å². The number of aliphatic hydroxyl groups excluding tert-OH is 1. The van der Waals surface area contributed by atoms with Gasteiger partial charge in [-0.05, 0) is 30.7 Å². The van der Waals surface area contributed by atoms with E-state index in [4.69, 9.17) is 15.3 Å². The van der Waals surface area contributed by atoms with Crippen LogP contribution in [0.25, 0.3) is 11.1 Å². The van der Waals surface area contributed by atoms with Gasteiger partial charge >= 0.3 is 5.76 Å². The summed E-state index contributed by atoms with van der Waals surface area (Å²) in [6.07, 6.45) is 0.821. The highest BCUT2D eigenvalue weighted by molar-refractivity contribution is 5.72. The first-order valence-electron chi connectivity index (χ1n) is 5.88. The summed E-state index contributed by atoms with van der Waals surface area (Å²) >= 11 is 0. The van der Waals surface area contributed by atoms with Crippen LogP contribution in [0.1, 0.15) is 5.56 Å². The first kappa shape index (κ1) is 12.8. The summed E-state index contributed by atoms with van der Waals surface area (Å²) in [5.74, 6) is -0.436. The fraction of sp³-hybridized carbons (Fsp3) is 0.417. The zero-order valence-corrected chi connectivity index (χ0v) is 9.98. The average Bonchev–Trinajstić information content (AvgIpc) is 2.73. The average molecular weight is 251 g/mol. The normalized spacial score (nSPS) is 13.0. The summed E-state index contributed by atoms with van der Waals surface area (Å²) in [6, 6.07) is 5.38. The lowest BCUT2D eigenvalue weighted by molar-refractivity contribution is 0.262. The highest BCUT2D eigenvalue weighted by Crippen LogP contribution is 2.12. The van der Waals surface area contributed by atoms with Crippen molar-refractivity contribution in [1.82, 2.24) is 10.3 Å². The second-order valence-corrected chi connectivity index (χ2v) is 4.24. The van der Waals surface area contributed by atoms with Crippen molar-refractivity contribution in [2.24, 2.45) is 5.73 Å². The van der Waals surface area contributed by atoms with Gasteiger partial charge in [0.25, 0.3) is 0 Å². The van der Waals surface area contributed by atoms with Gasteiger partial charge < -0.3 is 20.6 Å². The van der Waals surface area contributed by atoms with E-state index in [1.165, 1.54) is 0 Å². The Labute approximate surface area is 104 Å². The van der Waals surface area contributed by atoms with Crippen molar-refractivity contribution in [3.63, 3.8) is 0 Å². The van der Waals surface area contributed by atoms with E-state index in [1.807, 2.05) is 12.1 Å². The quantitative estimate of drug-likeness (QED) is 0.522. The minimum Gasteiger partial charge on any atom is -0.408 e. The molecule has 5 N–H and O–H groups in total. The lowest BCUT2D eigenvalue weighted by atomic mass is 10.1. The molecular weight excluding hydrogens is 234 g/mol. The molecule has 18 heavy (non-hydrogen) atoms. The molecule has 1 aromatic carbocycles. The molecule has 0 saturated heterocycles. The fourth-order valence-corrected chi connectivity index (χ4v) is 1.74. The Hall–Kier alpha value is -1.63. The number of hydrogen-bond acceptors (Lipinski definition) is 5. The van der Waals surface area contributed by atoms with Gasteiger partial charge in [0.05, 0.1) is 12.1 Å². The molecule has 0 amide bonds. The van der Waals surface area contributed by atoms with Crippen molar-refractivity contribution >= 4 is 11.1 Å². The molecule has 0 saturated carbocycles. The Kier molecular flexibility index (Phi) is 4.14. The predicted octanol–water partition coefficient (Wildman–Crippen LogP) is -0.427. The van der Waals surface area contributed by atoms with E-state index in [0.29, 0.717) is 17.6 Å². The van der Waals surface area contributed by atoms with Gasteiger partial charge in [-0.2, -0.15) is 0 Å². The van der Waals surface area contributed by atoms with Gasteiger partial charge in [-0.1, -0.05) is 6.07 Å². The monoisotopic (exact) mass is 251 g/mol. The van der Waals surface area contributed by atoms with Gasteiger partial charge in [0.15, 0.2) is 5.58 Å². The molecule has 0 bridgehead atoms. The molecule has 2 rings (SSSR count). The number of hydrogen-bond donors (Lipinski definition) is 4. The van der Waals surface area contributed by atoms with Crippen LogP contribution in [0, 0.1) is 0 Å². The van der Waals surface area contributed by atoms with Crippen LogP contribution in [0.2, 0.25) is 0 Å². The van der Waals surface area contributed by atoms with Crippen LogP contribution in [0.4, 0.5) is 0 Å². The molecule has 1 heterocycles. The smallest absolute Gasteiger partial charge is 0.408 e. The number of nitrogens with two attached hydrogens (primary N) is 1. The van der Waals surface area contributed by atoms with Crippen molar-refractivity contribution in [1.29, 1.82) is 0 Å². The molecule has 1 unspecified atom stereocenters. The van der Waals surface area contributed by atoms with E-state index in [0.717, 1.165) is 18.5 Å². The van der Waals surface area contributed by atoms with Crippen LogP contribution in [0.5, 0.6) is 0 Å². The maximum Gasteiger partial charge on any atom is 0.417 e. The lowest BCUT2D eigenvalue weighted by Gasteiger charge is -2.09. The number of benzene rings is 1. The molecule has 6 nitrogen and oxygen atoms in total. The first-order chi connectivity index (χ1) is 8.69. The fourth-order valence-electron chi connectivity index (χ4n) is 1.74. The van der Waals surface area contributed by atoms with E-state index < -0.39 is 5.76 Å². The molecular formula is C12H17N3O3. The van der Waals surface area contributed by atoms with Gasteiger partial charge in [0.2, 0.25) is 0 Å². The third-order valence-corrected chi connectivity index (χ3v) is 2.71. The molecule has 0 spiro atoms. The lowest BCUT2D eigenvalue weighted by Crippen LogP contribution is -2.37. The van der Waals surface area contributed by atoms with Crippen LogP contribution >= 0.6 is 0 Å². The van der Waals surface area contributed by atoms with E-state index in [2.05, 4.69) is 10.3 Å². The SMILES string of the molecule is NC(CO)CNCCc1ccc2oc(=O)[nH]c2c1. The minimum atomic E-state index is -0.436. The van der Waals surface area contributed by atoms with Crippen LogP contribution in [-0.4, -0.2) is 35.8 Å². The summed E-state index contributed by atoms with van der Waals surface area (Å²) < 4.78 is 4.92. The van der Waals surface area contributed by atoms with Crippen molar-refractivity contribution in [2.75, 3.05) is 19.7 Å². The Balaban J connectivity index is 1.89. The summed E-state index contributed by atoms with van der Waals surface area (Å²) in [7, 11) is 0. The molecule has 98 valence electrons. The predicted molar refractivity (Wildman–Crippen MR) is 68.5 cm³/mol. The molecule has 0 aliphatic rings. The number of fused-ring (bicyclic) bond motifs is 1. The number of H-pyrrole nitrogens is 1. The third kappa shape index (κ3) is 3.19. The Bertz CT molecular complexity index is 561. The van der Waals surface area contributed by atoms with Crippen LogP contribution in [0.15, 0.2) is 27.4 Å². The number of oxazole rings is 1. The van der Waals surface area contributed by atoms with Gasteiger partial charge in [-0.15, -0.1) is 0 Å². The molecule has 6 heteroatoms. The Morgan fingerprint density at radius 3 is 3.11 bits per heavy atom. The largest absolute Gasteiger partial charge is 0.417 e. The number of aliphatic hydroxyl groups is 1.